The lowest BCUT2D eigenvalue weighted by molar-refractivity contribution is 0.0975. The maximum absolute atomic E-state index is 12.5. The van der Waals surface area contributed by atoms with Crippen molar-refractivity contribution in [1.82, 2.24) is 3.96 Å². The number of para-hydroxylation sites is 1. The second kappa shape index (κ2) is 4.75. The first-order valence-electron chi connectivity index (χ1n) is 5.59. The first-order valence-corrected chi connectivity index (χ1v) is 7.15. The number of carbonyl (C=O) groups is 1. The predicted octanol–water partition coefficient (Wildman–Crippen LogP) is 3.51. The van der Waals surface area contributed by atoms with Crippen LogP contribution in [0, 0.1) is 0 Å². The minimum absolute atomic E-state index is 0.101. The summed E-state index contributed by atoms with van der Waals surface area (Å²) in [5.74, 6) is -0.198. The average molecular weight is 334 g/mol. The Bertz CT molecular complexity index is 835. The van der Waals surface area contributed by atoms with Crippen LogP contribution in [0.25, 0.3) is 10.9 Å². The molecule has 94 valence electrons. The maximum atomic E-state index is 12.5. The summed E-state index contributed by atoms with van der Waals surface area (Å²) in [7, 11) is 0. The molecule has 3 nitrogen and oxygen atoms in total. The van der Waals surface area contributed by atoms with Crippen molar-refractivity contribution in [1.29, 1.82) is 0 Å². The van der Waals surface area contributed by atoms with Gasteiger partial charge in [-0.05, 0) is 51.7 Å². The normalized spacial score (nSPS) is 10.8. The molecule has 0 saturated carbocycles. The van der Waals surface area contributed by atoms with Crippen molar-refractivity contribution in [2.45, 2.75) is 0 Å². The highest BCUT2D eigenvalue weighted by molar-refractivity contribution is 9.10. The van der Waals surface area contributed by atoms with Crippen LogP contribution in [0.5, 0.6) is 0 Å². The Morgan fingerprint density at radius 3 is 2.53 bits per heavy atom. The standard InChI is InChI=1S/C14H8BrNO2S/c15-11-7-3-1-5-9(11)13(17)16-12-8-4-2-6-10(12)14(18)19-16/h1-8H. The minimum Gasteiger partial charge on any atom is -0.276 e. The Morgan fingerprint density at radius 1 is 1.05 bits per heavy atom. The predicted molar refractivity (Wildman–Crippen MR) is 80.0 cm³/mol. The Balaban J connectivity index is 2.23. The number of halogens is 1. The van der Waals surface area contributed by atoms with E-state index in [0.29, 0.717) is 16.5 Å². The molecule has 0 saturated heterocycles. The number of rotatable bonds is 1. The fraction of sp³-hybridized carbons (Fsp3) is 0. The molecule has 0 spiro atoms. The Hall–Kier alpha value is -1.72. The zero-order valence-electron chi connectivity index (χ0n) is 9.67. The van der Waals surface area contributed by atoms with E-state index in [1.807, 2.05) is 18.2 Å². The Kier molecular flexibility index (Phi) is 3.08. The van der Waals surface area contributed by atoms with E-state index in [1.165, 1.54) is 3.96 Å². The highest BCUT2D eigenvalue weighted by Gasteiger charge is 2.16. The van der Waals surface area contributed by atoms with E-state index in [9.17, 15) is 9.59 Å². The second-order valence-corrected chi connectivity index (χ2v) is 5.75. The zero-order chi connectivity index (χ0) is 13.4. The third-order valence-electron chi connectivity index (χ3n) is 2.81. The fourth-order valence-corrected chi connectivity index (χ4v) is 3.23. The third-order valence-corrected chi connectivity index (χ3v) is 4.43. The third kappa shape index (κ3) is 2.05. The van der Waals surface area contributed by atoms with Crippen molar-refractivity contribution in [2.24, 2.45) is 0 Å². The summed E-state index contributed by atoms with van der Waals surface area (Å²) in [5, 5.41) is 0.577. The van der Waals surface area contributed by atoms with Crippen LogP contribution < -0.4 is 4.74 Å². The van der Waals surface area contributed by atoms with Crippen LogP contribution in [0.15, 0.2) is 57.8 Å². The molecule has 0 atom stereocenters. The molecular formula is C14H8BrNO2S. The van der Waals surface area contributed by atoms with Gasteiger partial charge in [0.1, 0.15) is 0 Å². The van der Waals surface area contributed by atoms with Gasteiger partial charge in [0.25, 0.3) is 10.6 Å². The molecule has 0 aliphatic carbocycles. The van der Waals surface area contributed by atoms with E-state index in [-0.39, 0.29) is 10.6 Å². The van der Waals surface area contributed by atoms with Crippen LogP contribution in [0.4, 0.5) is 0 Å². The van der Waals surface area contributed by atoms with Gasteiger partial charge in [0.15, 0.2) is 0 Å². The summed E-state index contributed by atoms with van der Waals surface area (Å²) < 4.78 is 2.06. The van der Waals surface area contributed by atoms with Crippen LogP contribution in [0.2, 0.25) is 0 Å². The number of hydrogen-bond acceptors (Lipinski definition) is 3. The largest absolute Gasteiger partial charge is 0.276 e. The van der Waals surface area contributed by atoms with Gasteiger partial charge in [-0.1, -0.05) is 24.3 Å². The van der Waals surface area contributed by atoms with E-state index < -0.39 is 0 Å². The molecule has 0 amide bonds. The lowest BCUT2D eigenvalue weighted by atomic mass is 10.2. The quantitative estimate of drug-likeness (QED) is 0.683. The Morgan fingerprint density at radius 2 is 1.74 bits per heavy atom. The summed E-state index contributed by atoms with van der Waals surface area (Å²) in [6.07, 6.45) is 0. The number of aromatic nitrogens is 1. The second-order valence-electron chi connectivity index (χ2n) is 3.98. The van der Waals surface area contributed by atoms with E-state index in [1.54, 1.807) is 30.3 Å². The van der Waals surface area contributed by atoms with Gasteiger partial charge in [-0.3, -0.25) is 9.59 Å². The van der Waals surface area contributed by atoms with Crippen LogP contribution >= 0.6 is 27.5 Å². The average Bonchev–Trinajstić information content (AvgIpc) is 2.77. The SMILES string of the molecule is O=C(c1ccccc1Br)n1sc(=O)c2ccccc21. The van der Waals surface area contributed by atoms with Gasteiger partial charge in [0.2, 0.25) is 0 Å². The fourth-order valence-electron chi connectivity index (χ4n) is 1.90. The maximum Gasteiger partial charge on any atom is 0.272 e. The van der Waals surface area contributed by atoms with Gasteiger partial charge in [-0.15, -0.1) is 0 Å². The van der Waals surface area contributed by atoms with Crippen LogP contribution in [-0.4, -0.2) is 9.86 Å². The molecule has 1 heterocycles. The number of benzene rings is 2. The molecular weight excluding hydrogens is 326 g/mol. The van der Waals surface area contributed by atoms with E-state index >= 15 is 0 Å². The van der Waals surface area contributed by atoms with Crippen molar-refractivity contribution < 1.29 is 4.79 Å². The topological polar surface area (TPSA) is 39.1 Å². The van der Waals surface area contributed by atoms with E-state index in [0.717, 1.165) is 16.0 Å². The molecule has 3 rings (SSSR count). The molecule has 1 aromatic heterocycles. The van der Waals surface area contributed by atoms with Crippen LogP contribution in [-0.2, 0) is 0 Å². The molecule has 0 bridgehead atoms. The number of hydrogen-bond donors (Lipinski definition) is 0. The summed E-state index contributed by atoms with van der Waals surface area (Å²) in [6.45, 7) is 0. The molecule has 0 radical (unpaired) electrons. The summed E-state index contributed by atoms with van der Waals surface area (Å²) in [5.41, 5.74) is 1.19. The van der Waals surface area contributed by atoms with Crippen molar-refractivity contribution in [2.75, 3.05) is 0 Å². The molecule has 0 N–H and O–H groups in total. The molecule has 19 heavy (non-hydrogen) atoms. The van der Waals surface area contributed by atoms with E-state index in [2.05, 4.69) is 15.9 Å². The van der Waals surface area contributed by atoms with Crippen molar-refractivity contribution >= 4 is 44.3 Å². The van der Waals surface area contributed by atoms with Crippen molar-refractivity contribution in [3.8, 4) is 0 Å². The number of nitrogens with zero attached hydrogens (tertiary/aromatic N) is 1. The van der Waals surface area contributed by atoms with Gasteiger partial charge in [-0.2, -0.15) is 0 Å². The number of fused-ring (bicyclic) bond motifs is 1. The summed E-state index contributed by atoms with van der Waals surface area (Å²) in [6, 6.07) is 14.3. The molecule has 0 aliphatic heterocycles. The van der Waals surface area contributed by atoms with Crippen molar-refractivity contribution in [3.63, 3.8) is 0 Å². The molecule has 0 aliphatic rings. The summed E-state index contributed by atoms with van der Waals surface area (Å²) in [4.78, 5) is 24.4. The van der Waals surface area contributed by atoms with Gasteiger partial charge < -0.3 is 0 Å². The van der Waals surface area contributed by atoms with Gasteiger partial charge >= 0.3 is 0 Å². The lowest BCUT2D eigenvalue weighted by Gasteiger charge is -2.04. The highest BCUT2D eigenvalue weighted by atomic mass is 79.9. The van der Waals surface area contributed by atoms with Gasteiger partial charge in [-0.25, -0.2) is 3.96 Å². The summed E-state index contributed by atoms with van der Waals surface area (Å²) >= 11 is 4.29. The van der Waals surface area contributed by atoms with E-state index in [4.69, 9.17) is 0 Å². The molecule has 0 unspecified atom stereocenters. The lowest BCUT2D eigenvalue weighted by Crippen LogP contribution is -2.09. The number of carbonyl (C=O) groups excluding carboxylic acids is 1. The monoisotopic (exact) mass is 333 g/mol. The first kappa shape index (κ1) is 12.3. The van der Waals surface area contributed by atoms with Crippen LogP contribution in [0.3, 0.4) is 0 Å². The van der Waals surface area contributed by atoms with Crippen LogP contribution in [0.1, 0.15) is 10.4 Å². The van der Waals surface area contributed by atoms with Crippen molar-refractivity contribution in [3.05, 3.63) is 68.1 Å². The first-order chi connectivity index (χ1) is 9.18. The smallest absolute Gasteiger partial charge is 0.272 e. The molecule has 5 heteroatoms. The molecule has 2 aromatic carbocycles. The Labute approximate surface area is 121 Å². The minimum atomic E-state index is -0.198. The molecule has 3 aromatic rings. The highest BCUT2D eigenvalue weighted by Crippen LogP contribution is 2.21. The van der Waals surface area contributed by atoms with Gasteiger partial charge in [0.05, 0.1) is 16.5 Å². The molecule has 0 fully saturated rings. The van der Waals surface area contributed by atoms with Gasteiger partial charge in [0, 0.05) is 4.47 Å². The zero-order valence-corrected chi connectivity index (χ0v) is 12.1.